The normalized spacial score (nSPS) is 12.9. The number of fused-ring (bicyclic) bond motifs is 1. The third kappa shape index (κ3) is 2.89. The summed E-state index contributed by atoms with van der Waals surface area (Å²) in [6, 6.07) is 8.53. The van der Waals surface area contributed by atoms with Crippen molar-refractivity contribution in [3.05, 3.63) is 58.9 Å². The van der Waals surface area contributed by atoms with Gasteiger partial charge in [-0.15, -0.1) is 22.9 Å². The van der Waals surface area contributed by atoms with Crippen LogP contribution in [0.2, 0.25) is 0 Å². The van der Waals surface area contributed by atoms with Crippen molar-refractivity contribution in [3.63, 3.8) is 0 Å². The van der Waals surface area contributed by atoms with Gasteiger partial charge in [-0.3, -0.25) is 4.40 Å². The van der Waals surface area contributed by atoms with E-state index in [0.717, 1.165) is 23.5 Å². The second-order valence-electron chi connectivity index (χ2n) is 5.18. The lowest BCUT2D eigenvalue weighted by molar-refractivity contribution is 0.575. The summed E-state index contributed by atoms with van der Waals surface area (Å²) in [5, 5.41) is 2.05. The predicted octanol–water partition coefficient (Wildman–Crippen LogP) is 4.34. The summed E-state index contributed by atoms with van der Waals surface area (Å²) in [6.07, 6.45) is 6.12. The molecule has 1 unspecified atom stereocenters. The smallest absolute Gasteiger partial charge is 0.193 e. The number of halogens is 1. The topological polar surface area (TPSA) is 17.3 Å². The van der Waals surface area contributed by atoms with Crippen molar-refractivity contribution in [2.45, 2.75) is 19.8 Å². The molecule has 0 spiro atoms. The van der Waals surface area contributed by atoms with E-state index in [1.54, 1.807) is 11.3 Å². The molecule has 2 aromatic heterocycles. The van der Waals surface area contributed by atoms with Gasteiger partial charge in [0.1, 0.15) is 0 Å². The minimum Gasteiger partial charge on any atom is -0.297 e. The van der Waals surface area contributed by atoms with E-state index in [1.165, 1.54) is 11.1 Å². The van der Waals surface area contributed by atoms with Crippen LogP contribution in [-0.4, -0.2) is 15.3 Å². The zero-order valence-electron chi connectivity index (χ0n) is 11.4. The molecule has 1 atom stereocenters. The molecule has 0 aliphatic carbocycles. The van der Waals surface area contributed by atoms with Gasteiger partial charge in [0.25, 0.3) is 0 Å². The van der Waals surface area contributed by atoms with Crippen molar-refractivity contribution in [2.75, 3.05) is 5.88 Å². The number of nitrogens with zero attached hydrogens (tertiary/aromatic N) is 2. The van der Waals surface area contributed by atoms with Crippen LogP contribution in [-0.2, 0) is 12.8 Å². The molecule has 0 bridgehead atoms. The molecule has 0 amide bonds. The van der Waals surface area contributed by atoms with E-state index >= 15 is 0 Å². The van der Waals surface area contributed by atoms with Gasteiger partial charge in [-0.1, -0.05) is 24.3 Å². The van der Waals surface area contributed by atoms with Gasteiger partial charge in [0.05, 0.1) is 5.69 Å². The molecular weight excluding hydrogens is 288 g/mol. The highest BCUT2D eigenvalue weighted by molar-refractivity contribution is 7.15. The number of benzene rings is 1. The lowest BCUT2D eigenvalue weighted by atomic mass is 9.94. The Morgan fingerprint density at radius 1 is 1.30 bits per heavy atom. The van der Waals surface area contributed by atoms with Crippen molar-refractivity contribution < 1.29 is 0 Å². The zero-order valence-corrected chi connectivity index (χ0v) is 13.0. The molecule has 0 radical (unpaired) electrons. The van der Waals surface area contributed by atoms with E-state index < -0.39 is 0 Å². The second-order valence-corrected chi connectivity index (χ2v) is 6.36. The van der Waals surface area contributed by atoms with E-state index in [0.29, 0.717) is 11.8 Å². The summed E-state index contributed by atoms with van der Waals surface area (Å²) in [7, 11) is 0. The monoisotopic (exact) mass is 304 g/mol. The van der Waals surface area contributed by atoms with Crippen LogP contribution in [0, 0.1) is 12.8 Å². The molecule has 104 valence electrons. The van der Waals surface area contributed by atoms with E-state index in [9.17, 15) is 0 Å². The van der Waals surface area contributed by atoms with Crippen molar-refractivity contribution >= 4 is 27.9 Å². The van der Waals surface area contributed by atoms with E-state index in [1.807, 2.05) is 6.20 Å². The molecule has 3 rings (SSSR count). The number of alkyl halides is 1. The summed E-state index contributed by atoms with van der Waals surface area (Å²) < 4.78 is 2.08. The Morgan fingerprint density at radius 3 is 2.90 bits per heavy atom. The SMILES string of the molecule is Cc1ccccc1CC(CCl)Cc1cn2ccsc2n1. The average molecular weight is 305 g/mol. The number of aryl methyl sites for hydroxylation is 1. The Kier molecular flexibility index (Phi) is 4.08. The summed E-state index contributed by atoms with van der Waals surface area (Å²) in [5.41, 5.74) is 3.86. The first kappa shape index (κ1) is 13.7. The summed E-state index contributed by atoms with van der Waals surface area (Å²) >= 11 is 7.83. The van der Waals surface area contributed by atoms with Gasteiger partial charge in [-0.25, -0.2) is 4.98 Å². The average Bonchev–Trinajstić information content (AvgIpc) is 3.01. The molecule has 20 heavy (non-hydrogen) atoms. The third-order valence-electron chi connectivity index (χ3n) is 3.63. The quantitative estimate of drug-likeness (QED) is 0.641. The van der Waals surface area contributed by atoms with E-state index in [-0.39, 0.29) is 0 Å². The molecular formula is C16H17ClN2S. The van der Waals surface area contributed by atoms with Gasteiger partial charge in [0, 0.05) is 23.7 Å². The number of hydrogen-bond donors (Lipinski definition) is 0. The summed E-state index contributed by atoms with van der Waals surface area (Å²) in [5.74, 6) is 1.10. The van der Waals surface area contributed by atoms with Gasteiger partial charge in [-0.2, -0.15) is 0 Å². The standard InChI is InChI=1S/C16H17ClN2S/c1-12-4-2-3-5-14(12)8-13(10-17)9-15-11-19-6-7-20-16(19)18-15/h2-7,11,13H,8-10H2,1H3. The Hall–Kier alpha value is -1.32. The van der Waals surface area contributed by atoms with Crippen LogP contribution < -0.4 is 0 Å². The van der Waals surface area contributed by atoms with Crippen LogP contribution in [0.3, 0.4) is 0 Å². The number of imidazole rings is 1. The van der Waals surface area contributed by atoms with Crippen molar-refractivity contribution in [1.82, 2.24) is 9.38 Å². The maximum atomic E-state index is 6.16. The molecule has 0 aliphatic heterocycles. The third-order valence-corrected chi connectivity index (χ3v) is 4.84. The summed E-state index contributed by atoms with van der Waals surface area (Å²) in [6.45, 7) is 2.16. The number of hydrogen-bond acceptors (Lipinski definition) is 2. The number of aromatic nitrogens is 2. The van der Waals surface area contributed by atoms with Crippen molar-refractivity contribution in [3.8, 4) is 0 Å². The van der Waals surface area contributed by atoms with Crippen molar-refractivity contribution in [1.29, 1.82) is 0 Å². The highest BCUT2D eigenvalue weighted by Crippen LogP contribution is 2.20. The predicted molar refractivity (Wildman–Crippen MR) is 85.9 cm³/mol. The molecule has 0 fully saturated rings. The van der Waals surface area contributed by atoms with Crippen molar-refractivity contribution in [2.24, 2.45) is 5.92 Å². The molecule has 2 heterocycles. The van der Waals surface area contributed by atoms with Gasteiger partial charge in [0.2, 0.25) is 0 Å². The highest BCUT2D eigenvalue weighted by Gasteiger charge is 2.13. The number of rotatable bonds is 5. The molecule has 0 saturated carbocycles. The fraction of sp³-hybridized carbons (Fsp3) is 0.312. The Labute approximate surface area is 128 Å². The van der Waals surface area contributed by atoms with Gasteiger partial charge >= 0.3 is 0 Å². The van der Waals surface area contributed by atoms with Crippen LogP contribution >= 0.6 is 22.9 Å². The van der Waals surface area contributed by atoms with Crippen LogP contribution in [0.5, 0.6) is 0 Å². The van der Waals surface area contributed by atoms with Crippen LogP contribution in [0.4, 0.5) is 0 Å². The first-order chi connectivity index (χ1) is 9.76. The molecule has 0 saturated heterocycles. The first-order valence-electron chi connectivity index (χ1n) is 6.78. The molecule has 0 aliphatic rings. The van der Waals surface area contributed by atoms with Crippen LogP contribution in [0.1, 0.15) is 16.8 Å². The highest BCUT2D eigenvalue weighted by atomic mass is 35.5. The molecule has 0 N–H and O–H groups in total. The fourth-order valence-corrected chi connectivity index (χ4v) is 3.44. The van der Waals surface area contributed by atoms with E-state index in [4.69, 9.17) is 11.6 Å². The van der Waals surface area contributed by atoms with Gasteiger partial charge in [-0.05, 0) is 36.8 Å². The summed E-state index contributed by atoms with van der Waals surface area (Å²) in [4.78, 5) is 5.71. The lowest BCUT2D eigenvalue weighted by Crippen LogP contribution is -2.11. The van der Waals surface area contributed by atoms with Crippen LogP contribution in [0.25, 0.3) is 4.96 Å². The number of thiazole rings is 1. The fourth-order valence-electron chi connectivity index (χ4n) is 2.50. The Bertz CT molecular complexity index is 673. The maximum Gasteiger partial charge on any atom is 0.193 e. The largest absolute Gasteiger partial charge is 0.297 e. The van der Waals surface area contributed by atoms with Gasteiger partial charge < -0.3 is 0 Å². The molecule has 3 aromatic rings. The van der Waals surface area contributed by atoms with Crippen LogP contribution in [0.15, 0.2) is 42.0 Å². The Morgan fingerprint density at radius 2 is 2.15 bits per heavy atom. The minimum absolute atomic E-state index is 0.433. The van der Waals surface area contributed by atoms with Gasteiger partial charge in [0.15, 0.2) is 4.96 Å². The molecule has 1 aromatic carbocycles. The first-order valence-corrected chi connectivity index (χ1v) is 8.19. The Balaban J connectivity index is 1.74. The molecule has 2 nitrogen and oxygen atoms in total. The maximum absolute atomic E-state index is 6.16. The van der Waals surface area contributed by atoms with E-state index in [2.05, 4.69) is 52.2 Å². The zero-order chi connectivity index (χ0) is 13.9. The molecule has 4 heteroatoms. The lowest BCUT2D eigenvalue weighted by Gasteiger charge is -2.14. The minimum atomic E-state index is 0.433. The second kappa shape index (κ2) is 5.98.